The van der Waals surface area contributed by atoms with Crippen molar-refractivity contribution in [1.29, 1.82) is 0 Å². The Morgan fingerprint density at radius 3 is 2.44 bits per heavy atom. The van der Waals surface area contributed by atoms with Crippen LogP contribution in [-0.4, -0.2) is 29.4 Å². The molecule has 0 saturated heterocycles. The molecule has 2 amide bonds. The van der Waals surface area contributed by atoms with Gasteiger partial charge in [-0.2, -0.15) is 0 Å². The summed E-state index contributed by atoms with van der Waals surface area (Å²) in [6.45, 7) is 8.50. The fraction of sp³-hybridized carbons (Fsp3) is 0.320. The van der Waals surface area contributed by atoms with Gasteiger partial charge in [0.1, 0.15) is 11.8 Å². The van der Waals surface area contributed by atoms with E-state index in [1.54, 1.807) is 29.5 Å². The maximum atomic E-state index is 12.9. The van der Waals surface area contributed by atoms with Crippen LogP contribution in [-0.2, 0) is 11.3 Å². The first kappa shape index (κ1) is 23.5. The highest BCUT2D eigenvalue weighted by Crippen LogP contribution is 2.22. The Kier molecular flexibility index (Phi) is 8.00. The molecule has 0 spiro atoms. The van der Waals surface area contributed by atoms with Crippen LogP contribution in [0.2, 0.25) is 0 Å². The van der Waals surface area contributed by atoms with E-state index in [9.17, 15) is 9.59 Å². The zero-order chi connectivity index (χ0) is 23.1. The maximum absolute atomic E-state index is 12.9. The van der Waals surface area contributed by atoms with Crippen LogP contribution in [0.3, 0.4) is 0 Å². The van der Waals surface area contributed by atoms with Gasteiger partial charge in [0.2, 0.25) is 5.91 Å². The molecule has 0 aliphatic heterocycles. The van der Waals surface area contributed by atoms with E-state index >= 15 is 0 Å². The Bertz CT molecular complexity index is 1060. The monoisotopic (exact) mass is 451 g/mol. The summed E-state index contributed by atoms with van der Waals surface area (Å²) >= 11 is 1.62. The highest BCUT2D eigenvalue weighted by molar-refractivity contribution is 7.09. The number of carbonyl (C=O) groups is 2. The van der Waals surface area contributed by atoms with Crippen LogP contribution in [0.5, 0.6) is 5.75 Å². The van der Waals surface area contributed by atoms with Crippen LogP contribution >= 0.6 is 11.3 Å². The Balaban J connectivity index is 1.62. The van der Waals surface area contributed by atoms with Crippen molar-refractivity contribution in [3.05, 3.63) is 70.0 Å². The Morgan fingerprint density at radius 1 is 1.09 bits per heavy atom. The first-order chi connectivity index (χ1) is 15.4. The molecule has 7 heteroatoms. The van der Waals surface area contributed by atoms with E-state index in [0.717, 1.165) is 21.8 Å². The number of rotatable bonds is 9. The van der Waals surface area contributed by atoms with Crippen LogP contribution in [0.15, 0.2) is 53.9 Å². The summed E-state index contributed by atoms with van der Waals surface area (Å²) in [5, 5.41) is 8.87. The number of para-hydroxylation sites is 1. The average Bonchev–Trinajstić information content (AvgIpc) is 3.22. The lowest BCUT2D eigenvalue weighted by molar-refractivity contribution is -0.124. The summed E-state index contributed by atoms with van der Waals surface area (Å²) in [5.41, 5.74) is 3.40. The highest BCUT2D eigenvalue weighted by atomic mass is 32.1. The second-order valence-corrected chi connectivity index (χ2v) is 8.85. The van der Waals surface area contributed by atoms with Crippen molar-refractivity contribution < 1.29 is 14.3 Å². The minimum atomic E-state index is -0.658. The van der Waals surface area contributed by atoms with E-state index in [1.165, 1.54) is 0 Å². The third kappa shape index (κ3) is 5.95. The highest BCUT2D eigenvalue weighted by Gasteiger charge is 2.25. The predicted octanol–water partition coefficient (Wildman–Crippen LogP) is 4.59. The number of nitrogens with zero attached hydrogens (tertiary/aromatic N) is 1. The van der Waals surface area contributed by atoms with Crippen LogP contribution in [0.1, 0.15) is 41.7 Å². The number of carbonyl (C=O) groups excluding carboxylic acids is 2. The maximum Gasteiger partial charge on any atom is 0.255 e. The zero-order valence-corrected chi connectivity index (χ0v) is 19.7. The van der Waals surface area contributed by atoms with E-state index in [0.29, 0.717) is 24.5 Å². The summed E-state index contributed by atoms with van der Waals surface area (Å²) < 4.78 is 5.54. The van der Waals surface area contributed by atoms with Crippen molar-refractivity contribution >= 4 is 23.2 Å². The lowest BCUT2D eigenvalue weighted by Gasteiger charge is -2.22. The van der Waals surface area contributed by atoms with Crippen LogP contribution in [0.25, 0.3) is 11.3 Å². The van der Waals surface area contributed by atoms with Crippen LogP contribution in [0, 0.1) is 12.8 Å². The Morgan fingerprint density at radius 2 is 1.81 bits per heavy atom. The van der Waals surface area contributed by atoms with E-state index < -0.39 is 6.04 Å². The molecule has 3 aromatic rings. The number of aromatic nitrogens is 1. The van der Waals surface area contributed by atoms with E-state index in [4.69, 9.17) is 4.74 Å². The molecule has 1 aromatic heterocycles. The molecule has 32 heavy (non-hydrogen) atoms. The lowest BCUT2D eigenvalue weighted by Crippen LogP contribution is -2.49. The smallest absolute Gasteiger partial charge is 0.255 e. The fourth-order valence-corrected chi connectivity index (χ4v) is 3.90. The number of thiazole rings is 1. The Hall–Kier alpha value is -3.19. The van der Waals surface area contributed by atoms with Gasteiger partial charge in [-0.25, -0.2) is 4.98 Å². The molecule has 2 aromatic carbocycles. The molecule has 0 radical (unpaired) electrons. The fourth-order valence-electron chi connectivity index (χ4n) is 3.28. The molecule has 0 aliphatic rings. The van der Waals surface area contributed by atoms with Gasteiger partial charge in [-0.3, -0.25) is 9.59 Å². The number of ether oxygens (including phenoxy) is 1. The average molecular weight is 452 g/mol. The number of aryl methyl sites for hydroxylation is 1. The first-order valence-electron chi connectivity index (χ1n) is 10.7. The normalized spacial score (nSPS) is 11.8. The van der Waals surface area contributed by atoms with E-state index in [-0.39, 0.29) is 17.7 Å². The molecular formula is C25H29N3O3S. The summed E-state index contributed by atoms with van der Waals surface area (Å²) in [5.74, 6) is -0.119. The zero-order valence-electron chi connectivity index (χ0n) is 18.8. The molecule has 3 rings (SSSR count). The molecule has 2 N–H and O–H groups in total. The second kappa shape index (κ2) is 10.9. The van der Waals surface area contributed by atoms with Crippen molar-refractivity contribution in [2.75, 3.05) is 6.61 Å². The summed E-state index contributed by atoms with van der Waals surface area (Å²) in [7, 11) is 0. The van der Waals surface area contributed by atoms with Crippen LogP contribution < -0.4 is 15.4 Å². The number of hydrogen-bond donors (Lipinski definition) is 2. The van der Waals surface area contributed by atoms with Gasteiger partial charge in [0.15, 0.2) is 0 Å². The molecule has 0 bridgehead atoms. The van der Waals surface area contributed by atoms with Crippen molar-refractivity contribution in [3.8, 4) is 17.0 Å². The third-order valence-corrected chi connectivity index (χ3v) is 5.78. The van der Waals surface area contributed by atoms with Crippen LogP contribution in [0.4, 0.5) is 0 Å². The van der Waals surface area contributed by atoms with Gasteiger partial charge in [0.25, 0.3) is 5.91 Å². The molecule has 0 unspecified atom stereocenters. The van der Waals surface area contributed by atoms with Crippen molar-refractivity contribution in [2.24, 2.45) is 5.92 Å². The molecule has 1 heterocycles. The van der Waals surface area contributed by atoms with Crippen molar-refractivity contribution in [3.63, 3.8) is 0 Å². The first-order valence-corrected chi connectivity index (χ1v) is 11.6. The summed E-state index contributed by atoms with van der Waals surface area (Å²) in [4.78, 5) is 30.2. The molecular weight excluding hydrogens is 422 g/mol. The molecule has 1 atom stereocenters. The molecule has 0 aliphatic carbocycles. The number of hydrogen-bond acceptors (Lipinski definition) is 5. The molecule has 0 fully saturated rings. The van der Waals surface area contributed by atoms with E-state index in [2.05, 4.69) is 15.6 Å². The number of amides is 2. The second-order valence-electron chi connectivity index (χ2n) is 7.79. The number of benzene rings is 2. The van der Waals surface area contributed by atoms with Gasteiger partial charge in [-0.05, 0) is 37.5 Å². The third-order valence-electron chi connectivity index (χ3n) is 5.00. The topological polar surface area (TPSA) is 80.3 Å². The lowest BCUT2D eigenvalue weighted by atomic mass is 10.0. The quantitative estimate of drug-likeness (QED) is 0.499. The Labute approximate surface area is 193 Å². The van der Waals surface area contributed by atoms with Crippen molar-refractivity contribution in [2.45, 2.75) is 40.3 Å². The van der Waals surface area contributed by atoms with Gasteiger partial charge in [-0.1, -0.05) is 50.2 Å². The van der Waals surface area contributed by atoms with Gasteiger partial charge < -0.3 is 15.4 Å². The van der Waals surface area contributed by atoms with E-state index in [1.807, 2.05) is 63.4 Å². The molecule has 168 valence electrons. The predicted molar refractivity (Wildman–Crippen MR) is 128 cm³/mol. The molecule has 6 nitrogen and oxygen atoms in total. The number of nitrogens with one attached hydrogen (secondary N) is 2. The van der Waals surface area contributed by atoms with Gasteiger partial charge in [0.05, 0.1) is 22.9 Å². The largest absolute Gasteiger partial charge is 0.493 e. The molecule has 0 saturated carbocycles. The van der Waals surface area contributed by atoms with Gasteiger partial charge in [0, 0.05) is 17.5 Å². The standard InChI is InChI=1S/C25H29N3O3S/c1-5-31-22-9-7-6-8-20(22)24(29)28-23(16(2)3)25(30)26-14-18-10-12-19(13-11-18)21-15-32-17(4)27-21/h6-13,15-16,23H,5,14H2,1-4H3,(H,26,30)(H,28,29)/t23-/m0/s1. The van der Waals surface area contributed by atoms with Crippen molar-refractivity contribution in [1.82, 2.24) is 15.6 Å². The minimum Gasteiger partial charge on any atom is -0.493 e. The summed E-state index contributed by atoms with van der Waals surface area (Å²) in [6.07, 6.45) is 0. The SMILES string of the molecule is CCOc1ccccc1C(=O)N[C@H](C(=O)NCc1ccc(-c2csc(C)n2)cc1)C(C)C. The van der Waals surface area contributed by atoms with Gasteiger partial charge in [-0.15, -0.1) is 11.3 Å². The minimum absolute atomic E-state index is 0.0755. The summed E-state index contributed by atoms with van der Waals surface area (Å²) in [6, 6.07) is 14.3. The van der Waals surface area contributed by atoms with Gasteiger partial charge >= 0.3 is 0 Å².